The molecule has 1 fully saturated rings. The van der Waals surface area contributed by atoms with E-state index in [0.29, 0.717) is 17.2 Å². The predicted molar refractivity (Wildman–Crippen MR) is 84.6 cm³/mol. The van der Waals surface area contributed by atoms with Crippen LogP contribution in [-0.2, 0) is 11.3 Å². The second-order valence-electron chi connectivity index (χ2n) is 4.91. The van der Waals surface area contributed by atoms with E-state index in [1.54, 1.807) is 12.3 Å². The van der Waals surface area contributed by atoms with Gasteiger partial charge in [-0.3, -0.25) is 9.59 Å². The number of piperidine rings is 1. The van der Waals surface area contributed by atoms with E-state index in [0.717, 1.165) is 25.9 Å². The largest absolute Gasteiger partial charge is 0.341 e. The lowest BCUT2D eigenvalue weighted by molar-refractivity contribution is -0.133. The maximum absolute atomic E-state index is 12.2. The highest BCUT2D eigenvalue weighted by Crippen LogP contribution is 2.11. The number of carbonyl (C=O) groups excluding carboxylic acids is 2. The SMILES string of the molecule is CC(NC(=O)c1csc(CN)n1)C(=O)N1CCCCC1.Cl. The third kappa shape index (κ3) is 4.66. The van der Waals surface area contributed by atoms with Crippen molar-refractivity contribution in [3.8, 4) is 0 Å². The van der Waals surface area contributed by atoms with E-state index in [2.05, 4.69) is 10.3 Å². The summed E-state index contributed by atoms with van der Waals surface area (Å²) in [6, 6.07) is -0.524. The van der Waals surface area contributed by atoms with Gasteiger partial charge in [-0.05, 0) is 26.2 Å². The molecule has 3 N–H and O–H groups in total. The summed E-state index contributed by atoms with van der Waals surface area (Å²) < 4.78 is 0. The minimum absolute atomic E-state index is 0. The van der Waals surface area contributed by atoms with Gasteiger partial charge in [0, 0.05) is 25.0 Å². The van der Waals surface area contributed by atoms with Crippen LogP contribution in [0.5, 0.6) is 0 Å². The lowest BCUT2D eigenvalue weighted by Gasteiger charge is -2.29. The molecule has 1 aromatic rings. The van der Waals surface area contributed by atoms with Gasteiger partial charge < -0.3 is 16.0 Å². The fourth-order valence-electron chi connectivity index (χ4n) is 2.23. The molecule has 8 heteroatoms. The van der Waals surface area contributed by atoms with E-state index in [1.807, 2.05) is 4.90 Å². The summed E-state index contributed by atoms with van der Waals surface area (Å²) in [6.45, 7) is 3.60. The quantitative estimate of drug-likeness (QED) is 0.865. The maximum atomic E-state index is 12.2. The number of nitrogens with zero attached hydrogens (tertiary/aromatic N) is 2. The Hall–Kier alpha value is -1.18. The molecule has 1 aliphatic heterocycles. The second kappa shape index (κ2) is 8.31. The van der Waals surface area contributed by atoms with Crippen LogP contribution in [0, 0.1) is 0 Å². The molecule has 1 aromatic heterocycles. The molecule has 0 aromatic carbocycles. The first kappa shape index (κ1) is 17.9. The summed E-state index contributed by atoms with van der Waals surface area (Å²) >= 11 is 1.35. The standard InChI is InChI=1S/C13H20N4O2S.ClH/c1-9(13(19)17-5-3-2-4-6-17)15-12(18)10-8-20-11(7-14)16-10;/h8-9H,2-7,14H2,1H3,(H,15,18);1H. The number of amides is 2. The first-order valence-corrected chi connectivity index (χ1v) is 7.74. The van der Waals surface area contributed by atoms with E-state index < -0.39 is 6.04 Å². The molecule has 1 atom stereocenters. The Kier molecular flexibility index (Phi) is 7.07. The summed E-state index contributed by atoms with van der Waals surface area (Å²) in [5, 5.41) is 5.08. The minimum atomic E-state index is -0.524. The normalized spacial score (nSPS) is 16.0. The van der Waals surface area contributed by atoms with E-state index in [4.69, 9.17) is 5.73 Å². The highest BCUT2D eigenvalue weighted by molar-refractivity contribution is 7.09. The molecule has 6 nitrogen and oxygen atoms in total. The van der Waals surface area contributed by atoms with Gasteiger partial charge in [0.2, 0.25) is 5.91 Å². The zero-order chi connectivity index (χ0) is 14.5. The van der Waals surface area contributed by atoms with Gasteiger partial charge in [0.05, 0.1) is 0 Å². The number of hydrogen-bond donors (Lipinski definition) is 2. The number of thiazole rings is 1. The molecule has 0 spiro atoms. The average molecular weight is 333 g/mol. The fraction of sp³-hybridized carbons (Fsp3) is 0.615. The highest BCUT2D eigenvalue weighted by atomic mass is 35.5. The van der Waals surface area contributed by atoms with Gasteiger partial charge in [-0.15, -0.1) is 23.7 Å². The average Bonchev–Trinajstić information content (AvgIpc) is 2.96. The first-order chi connectivity index (χ1) is 9.61. The molecule has 2 heterocycles. The molecule has 21 heavy (non-hydrogen) atoms. The summed E-state index contributed by atoms with van der Waals surface area (Å²) in [5.41, 5.74) is 5.79. The Morgan fingerprint density at radius 2 is 2.10 bits per heavy atom. The second-order valence-corrected chi connectivity index (χ2v) is 5.85. The molecule has 118 valence electrons. The van der Waals surface area contributed by atoms with Crippen LogP contribution in [0.15, 0.2) is 5.38 Å². The van der Waals surface area contributed by atoms with Crippen molar-refractivity contribution in [2.75, 3.05) is 13.1 Å². The lowest BCUT2D eigenvalue weighted by Crippen LogP contribution is -2.48. The smallest absolute Gasteiger partial charge is 0.271 e. The van der Waals surface area contributed by atoms with Crippen LogP contribution in [0.25, 0.3) is 0 Å². The van der Waals surface area contributed by atoms with Crippen molar-refractivity contribution >= 4 is 35.6 Å². The van der Waals surface area contributed by atoms with Gasteiger partial charge in [0.15, 0.2) is 0 Å². The summed E-state index contributed by atoms with van der Waals surface area (Å²) in [6.07, 6.45) is 3.25. The molecule has 2 rings (SSSR count). The summed E-state index contributed by atoms with van der Waals surface area (Å²) in [7, 11) is 0. The number of carbonyl (C=O) groups is 2. The highest BCUT2D eigenvalue weighted by Gasteiger charge is 2.24. The van der Waals surface area contributed by atoms with Crippen LogP contribution in [0.4, 0.5) is 0 Å². The van der Waals surface area contributed by atoms with E-state index in [9.17, 15) is 9.59 Å². The Bertz CT molecular complexity index is 488. The minimum Gasteiger partial charge on any atom is -0.341 e. The summed E-state index contributed by atoms with van der Waals surface area (Å²) in [5.74, 6) is -0.342. The number of rotatable bonds is 4. The lowest BCUT2D eigenvalue weighted by atomic mass is 10.1. The van der Waals surface area contributed by atoms with Crippen molar-refractivity contribution in [2.24, 2.45) is 5.73 Å². The Labute approximate surface area is 134 Å². The topological polar surface area (TPSA) is 88.3 Å². The van der Waals surface area contributed by atoms with Crippen molar-refractivity contribution in [1.29, 1.82) is 0 Å². The third-order valence-corrected chi connectivity index (χ3v) is 4.22. The van der Waals surface area contributed by atoms with Gasteiger partial charge in [-0.25, -0.2) is 4.98 Å². The van der Waals surface area contributed by atoms with Crippen LogP contribution in [0.3, 0.4) is 0 Å². The van der Waals surface area contributed by atoms with E-state index in [1.165, 1.54) is 17.8 Å². The number of nitrogens with one attached hydrogen (secondary N) is 1. The number of likely N-dealkylation sites (tertiary alicyclic amines) is 1. The van der Waals surface area contributed by atoms with Crippen LogP contribution in [0.1, 0.15) is 41.7 Å². The van der Waals surface area contributed by atoms with Gasteiger partial charge >= 0.3 is 0 Å². The van der Waals surface area contributed by atoms with Crippen molar-refractivity contribution < 1.29 is 9.59 Å². The number of hydrogen-bond acceptors (Lipinski definition) is 5. The molecule has 0 radical (unpaired) electrons. The van der Waals surface area contributed by atoms with Gasteiger partial charge in [-0.1, -0.05) is 0 Å². The molecule has 0 aliphatic carbocycles. The predicted octanol–water partition coefficient (Wildman–Crippen LogP) is 1.15. The Balaban J connectivity index is 0.00000220. The van der Waals surface area contributed by atoms with Crippen molar-refractivity contribution in [2.45, 2.75) is 38.8 Å². The van der Waals surface area contributed by atoms with Crippen LogP contribution in [-0.4, -0.2) is 40.8 Å². The number of nitrogens with two attached hydrogens (primary N) is 1. The van der Waals surface area contributed by atoms with E-state index >= 15 is 0 Å². The summed E-state index contributed by atoms with van der Waals surface area (Å²) in [4.78, 5) is 30.1. The molecule has 0 bridgehead atoms. The Morgan fingerprint density at radius 3 is 2.67 bits per heavy atom. The molecule has 1 aliphatic rings. The van der Waals surface area contributed by atoms with Crippen molar-refractivity contribution in [3.63, 3.8) is 0 Å². The van der Waals surface area contributed by atoms with Crippen LogP contribution >= 0.6 is 23.7 Å². The van der Waals surface area contributed by atoms with Gasteiger partial charge in [-0.2, -0.15) is 0 Å². The number of aromatic nitrogens is 1. The van der Waals surface area contributed by atoms with Gasteiger partial charge in [0.1, 0.15) is 16.7 Å². The monoisotopic (exact) mass is 332 g/mol. The van der Waals surface area contributed by atoms with Crippen molar-refractivity contribution in [3.05, 3.63) is 16.1 Å². The molecule has 1 unspecified atom stereocenters. The molecule has 0 saturated carbocycles. The molecular weight excluding hydrogens is 312 g/mol. The molecular formula is C13H21ClN4O2S. The molecule has 1 saturated heterocycles. The van der Waals surface area contributed by atoms with Gasteiger partial charge in [0.25, 0.3) is 5.91 Å². The first-order valence-electron chi connectivity index (χ1n) is 6.86. The number of halogens is 1. The van der Waals surface area contributed by atoms with Crippen LogP contribution < -0.4 is 11.1 Å². The van der Waals surface area contributed by atoms with E-state index in [-0.39, 0.29) is 24.2 Å². The zero-order valence-corrected chi connectivity index (χ0v) is 13.6. The zero-order valence-electron chi connectivity index (χ0n) is 12.0. The fourth-order valence-corrected chi connectivity index (χ4v) is 2.88. The van der Waals surface area contributed by atoms with Crippen molar-refractivity contribution in [1.82, 2.24) is 15.2 Å². The third-order valence-electron chi connectivity index (χ3n) is 3.34. The molecule has 2 amide bonds. The maximum Gasteiger partial charge on any atom is 0.271 e. The Morgan fingerprint density at radius 1 is 1.43 bits per heavy atom. The van der Waals surface area contributed by atoms with Crippen LogP contribution in [0.2, 0.25) is 0 Å².